The quantitative estimate of drug-likeness (QED) is 0.507. The Morgan fingerprint density at radius 3 is 3.10 bits per heavy atom. The monoisotopic (exact) mass is 354 g/mol. The van der Waals surface area contributed by atoms with E-state index >= 15 is 0 Å². The maximum Gasteiger partial charge on any atom is 0.372 e. The topological polar surface area (TPSA) is 33.4 Å². The summed E-state index contributed by atoms with van der Waals surface area (Å²) in [5.74, 6) is -0.147. The predicted molar refractivity (Wildman–Crippen MR) is 76.6 cm³/mol. The van der Waals surface area contributed by atoms with Crippen LogP contribution in [0.4, 0.5) is 5.69 Å². The number of fused-ring (bicyclic) bond motifs is 3. The van der Waals surface area contributed by atoms with Crippen LogP contribution in [0.2, 0.25) is 0 Å². The summed E-state index contributed by atoms with van der Waals surface area (Å²) in [6, 6.07) is 4.96. The van der Waals surface area contributed by atoms with Crippen molar-refractivity contribution in [1.29, 1.82) is 0 Å². The molecular formula is C16H23BrN2O2. The number of pyridine rings is 1. The molecule has 5 heteroatoms. The van der Waals surface area contributed by atoms with Gasteiger partial charge in [-0.3, -0.25) is 0 Å². The Morgan fingerprint density at radius 2 is 2.29 bits per heavy atom. The Hall–Kier alpha value is -1.10. The van der Waals surface area contributed by atoms with Crippen molar-refractivity contribution in [3.8, 4) is 0 Å². The van der Waals surface area contributed by atoms with Gasteiger partial charge in [-0.15, -0.1) is 0 Å². The molecule has 1 aromatic heterocycles. The summed E-state index contributed by atoms with van der Waals surface area (Å²) >= 11 is 0. The van der Waals surface area contributed by atoms with E-state index in [1.165, 1.54) is 37.1 Å². The van der Waals surface area contributed by atoms with E-state index in [9.17, 15) is 4.79 Å². The number of hydrogen-bond acceptors (Lipinski definition) is 3. The van der Waals surface area contributed by atoms with Crippen molar-refractivity contribution in [2.75, 3.05) is 18.1 Å². The Bertz CT molecular complexity index is 507. The molecule has 1 atom stereocenters. The maximum absolute atomic E-state index is 11.7. The van der Waals surface area contributed by atoms with Crippen LogP contribution in [0.25, 0.3) is 0 Å². The van der Waals surface area contributed by atoms with Gasteiger partial charge >= 0.3 is 5.97 Å². The molecule has 0 saturated carbocycles. The molecule has 1 aromatic rings. The predicted octanol–water partition coefficient (Wildman–Crippen LogP) is -1.15. The zero-order valence-corrected chi connectivity index (χ0v) is 14.1. The van der Waals surface area contributed by atoms with Crippen molar-refractivity contribution in [1.82, 2.24) is 0 Å². The third-order valence-corrected chi connectivity index (χ3v) is 4.42. The number of esters is 1. The van der Waals surface area contributed by atoms with Gasteiger partial charge in [0.05, 0.1) is 6.61 Å². The molecule has 0 aliphatic carbocycles. The largest absolute Gasteiger partial charge is 1.00 e. The van der Waals surface area contributed by atoms with Gasteiger partial charge in [0, 0.05) is 25.1 Å². The highest BCUT2D eigenvalue weighted by atomic mass is 79.9. The zero-order chi connectivity index (χ0) is 13.9. The Labute approximate surface area is 136 Å². The third kappa shape index (κ3) is 3.39. The van der Waals surface area contributed by atoms with Gasteiger partial charge in [0.25, 0.3) is 0 Å². The Kier molecular flexibility index (Phi) is 5.62. The zero-order valence-electron chi connectivity index (χ0n) is 12.6. The van der Waals surface area contributed by atoms with Gasteiger partial charge in [-0.2, -0.15) is 4.57 Å². The number of piperidine rings is 1. The molecule has 0 aromatic carbocycles. The van der Waals surface area contributed by atoms with E-state index in [1.54, 1.807) is 0 Å². The highest BCUT2D eigenvalue weighted by Gasteiger charge is 2.33. The first kappa shape index (κ1) is 16.3. The summed E-state index contributed by atoms with van der Waals surface area (Å²) in [6.45, 7) is 3.78. The lowest BCUT2D eigenvalue weighted by Gasteiger charge is -2.40. The molecular weight excluding hydrogens is 332 g/mol. The molecule has 3 heterocycles. The first-order valence-electron chi connectivity index (χ1n) is 7.73. The molecule has 4 nitrogen and oxygen atoms in total. The van der Waals surface area contributed by atoms with Crippen molar-refractivity contribution in [3.05, 3.63) is 24.0 Å². The summed E-state index contributed by atoms with van der Waals surface area (Å²) < 4.78 is 7.14. The maximum atomic E-state index is 11.7. The number of ether oxygens (including phenoxy) is 1. The number of aromatic nitrogens is 1. The molecule has 0 spiro atoms. The van der Waals surface area contributed by atoms with Gasteiger partial charge in [0.15, 0.2) is 6.20 Å². The van der Waals surface area contributed by atoms with E-state index in [2.05, 4.69) is 21.6 Å². The van der Waals surface area contributed by atoms with Crippen LogP contribution >= 0.6 is 0 Å². The van der Waals surface area contributed by atoms with E-state index in [0.29, 0.717) is 19.2 Å². The molecule has 0 amide bonds. The summed E-state index contributed by atoms with van der Waals surface area (Å²) in [6.07, 6.45) is 8.22. The summed E-state index contributed by atoms with van der Waals surface area (Å²) in [5.41, 5.74) is 2.62. The standard InChI is InChI=1S/C16H23N2O2.BrH/c1-2-20-16(19)12-17-10-5-7-15-14(17)9-8-13-6-3-4-11-18(13)15;/h5,7,10,13H,2-4,6,8-9,11-12H2,1H3;1H/q+1;/p-1. The van der Waals surface area contributed by atoms with Gasteiger partial charge in [0.2, 0.25) is 12.2 Å². The minimum Gasteiger partial charge on any atom is -1.00 e. The number of anilines is 1. The minimum atomic E-state index is -0.147. The van der Waals surface area contributed by atoms with Gasteiger partial charge in [-0.1, -0.05) is 0 Å². The normalized spacial score (nSPS) is 20.0. The van der Waals surface area contributed by atoms with Crippen molar-refractivity contribution in [3.63, 3.8) is 0 Å². The van der Waals surface area contributed by atoms with E-state index in [4.69, 9.17) is 4.74 Å². The van der Waals surface area contributed by atoms with Crippen LogP contribution < -0.4 is 26.4 Å². The highest BCUT2D eigenvalue weighted by molar-refractivity contribution is 5.67. The molecule has 1 unspecified atom stereocenters. The van der Waals surface area contributed by atoms with E-state index in [1.807, 2.05) is 13.1 Å². The van der Waals surface area contributed by atoms with Crippen molar-refractivity contribution < 1.29 is 31.1 Å². The number of carbonyl (C=O) groups excluding carboxylic acids is 1. The number of hydrogen-bond donors (Lipinski definition) is 0. The van der Waals surface area contributed by atoms with Crippen molar-refractivity contribution in [2.45, 2.75) is 51.6 Å². The fourth-order valence-electron chi connectivity index (χ4n) is 3.52. The number of carbonyl (C=O) groups is 1. The summed E-state index contributed by atoms with van der Waals surface area (Å²) in [5, 5.41) is 0. The first-order valence-corrected chi connectivity index (χ1v) is 7.73. The second-order valence-corrected chi connectivity index (χ2v) is 5.65. The molecule has 0 bridgehead atoms. The van der Waals surface area contributed by atoms with Crippen molar-refractivity contribution >= 4 is 11.7 Å². The lowest BCUT2D eigenvalue weighted by Crippen LogP contribution is -3.00. The second-order valence-electron chi connectivity index (χ2n) is 5.65. The molecule has 1 saturated heterocycles. The van der Waals surface area contributed by atoms with Crippen LogP contribution in [0.5, 0.6) is 0 Å². The third-order valence-electron chi connectivity index (χ3n) is 4.42. The van der Waals surface area contributed by atoms with Gasteiger partial charge < -0.3 is 26.6 Å². The van der Waals surface area contributed by atoms with Crippen molar-refractivity contribution in [2.24, 2.45) is 0 Å². The number of rotatable bonds is 3. The van der Waals surface area contributed by atoms with Crippen LogP contribution in [-0.4, -0.2) is 25.2 Å². The van der Waals surface area contributed by atoms with Crippen LogP contribution in [0.1, 0.15) is 38.3 Å². The fraction of sp³-hybridized carbons (Fsp3) is 0.625. The van der Waals surface area contributed by atoms with Crippen LogP contribution in [0.3, 0.4) is 0 Å². The van der Waals surface area contributed by atoms with E-state index in [0.717, 1.165) is 13.0 Å². The molecule has 21 heavy (non-hydrogen) atoms. The van der Waals surface area contributed by atoms with Crippen LogP contribution in [-0.2, 0) is 22.5 Å². The number of halogens is 1. The average Bonchev–Trinajstić information content (AvgIpc) is 2.47. The summed E-state index contributed by atoms with van der Waals surface area (Å²) in [4.78, 5) is 14.3. The second kappa shape index (κ2) is 7.25. The molecule has 0 radical (unpaired) electrons. The molecule has 116 valence electrons. The molecule has 2 aliphatic rings. The molecule has 3 rings (SSSR count). The van der Waals surface area contributed by atoms with Gasteiger partial charge in [0.1, 0.15) is 5.69 Å². The van der Waals surface area contributed by atoms with Gasteiger partial charge in [-0.25, -0.2) is 4.79 Å². The minimum absolute atomic E-state index is 0. The molecule has 1 fully saturated rings. The lowest BCUT2D eigenvalue weighted by molar-refractivity contribution is -0.693. The smallest absolute Gasteiger partial charge is 0.372 e. The highest BCUT2D eigenvalue weighted by Crippen LogP contribution is 2.33. The molecule has 2 aliphatic heterocycles. The fourth-order valence-corrected chi connectivity index (χ4v) is 3.52. The van der Waals surface area contributed by atoms with Gasteiger partial charge in [-0.05, 0) is 38.7 Å². The average molecular weight is 355 g/mol. The Morgan fingerprint density at radius 1 is 1.43 bits per heavy atom. The Balaban J connectivity index is 0.00000161. The van der Waals surface area contributed by atoms with E-state index in [-0.39, 0.29) is 23.0 Å². The molecule has 0 N–H and O–H groups in total. The lowest BCUT2D eigenvalue weighted by atomic mass is 9.91. The van der Waals surface area contributed by atoms with Crippen LogP contribution in [0.15, 0.2) is 18.3 Å². The summed E-state index contributed by atoms with van der Waals surface area (Å²) in [7, 11) is 0. The first-order chi connectivity index (χ1) is 9.79. The van der Waals surface area contributed by atoms with E-state index < -0.39 is 0 Å². The number of nitrogens with zero attached hydrogens (tertiary/aromatic N) is 2. The SMILES string of the molecule is CCOC(=O)C[n+]1cccc2c1CCC1CCCCN21.[Br-]. The van der Waals surface area contributed by atoms with Crippen LogP contribution in [0, 0.1) is 0 Å².